The SMILES string of the molecule is COC(=O)[C@H](CO)NC(=O)c1cn(Cc2ccccc2)nc1-c1cccs1. The van der Waals surface area contributed by atoms with Gasteiger partial charge in [0.05, 0.1) is 30.7 Å². The lowest BCUT2D eigenvalue weighted by atomic mass is 10.2. The Morgan fingerprint density at radius 3 is 2.67 bits per heavy atom. The molecule has 1 atom stereocenters. The molecule has 0 radical (unpaired) electrons. The van der Waals surface area contributed by atoms with Crippen molar-refractivity contribution < 1.29 is 19.4 Å². The van der Waals surface area contributed by atoms with E-state index in [2.05, 4.69) is 15.2 Å². The molecule has 0 saturated carbocycles. The summed E-state index contributed by atoms with van der Waals surface area (Å²) in [6.45, 7) is -0.0438. The molecule has 0 spiro atoms. The second-order valence-electron chi connectivity index (χ2n) is 5.78. The van der Waals surface area contributed by atoms with E-state index in [4.69, 9.17) is 0 Å². The summed E-state index contributed by atoms with van der Waals surface area (Å²) in [4.78, 5) is 25.2. The summed E-state index contributed by atoms with van der Waals surface area (Å²) in [5.41, 5.74) is 1.91. The molecule has 8 heteroatoms. The van der Waals surface area contributed by atoms with Gasteiger partial charge in [-0.1, -0.05) is 36.4 Å². The standard InChI is InChI=1S/C19H19N3O4S/c1-26-19(25)15(12-23)20-18(24)14-11-22(10-13-6-3-2-4-7-13)21-17(14)16-8-5-9-27-16/h2-9,11,15,23H,10,12H2,1H3,(H,20,24)/t15-/m0/s1. The first kappa shape index (κ1) is 18.8. The number of rotatable bonds is 7. The van der Waals surface area contributed by atoms with Crippen LogP contribution in [-0.2, 0) is 16.1 Å². The number of nitrogens with one attached hydrogen (secondary N) is 1. The van der Waals surface area contributed by atoms with Crippen molar-refractivity contribution in [1.29, 1.82) is 0 Å². The van der Waals surface area contributed by atoms with E-state index in [0.29, 0.717) is 17.8 Å². The van der Waals surface area contributed by atoms with Crippen LogP contribution >= 0.6 is 11.3 Å². The Bertz CT molecular complexity index is 906. The highest BCUT2D eigenvalue weighted by Gasteiger charge is 2.25. The van der Waals surface area contributed by atoms with E-state index < -0.39 is 24.5 Å². The van der Waals surface area contributed by atoms with Gasteiger partial charge < -0.3 is 15.2 Å². The molecular weight excluding hydrogens is 366 g/mol. The third-order valence-electron chi connectivity index (χ3n) is 3.92. The van der Waals surface area contributed by atoms with Gasteiger partial charge in [-0.2, -0.15) is 5.10 Å². The maximum Gasteiger partial charge on any atom is 0.330 e. The number of thiophene rings is 1. The van der Waals surface area contributed by atoms with Gasteiger partial charge in [-0.25, -0.2) is 4.79 Å². The highest BCUT2D eigenvalue weighted by molar-refractivity contribution is 7.13. The first-order chi connectivity index (χ1) is 13.1. The number of carbonyl (C=O) groups is 2. The van der Waals surface area contributed by atoms with Crippen LogP contribution in [0, 0.1) is 0 Å². The summed E-state index contributed by atoms with van der Waals surface area (Å²) in [5, 5.41) is 18.3. The van der Waals surface area contributed by atoms with Crippen LogP contribution in [0.15, 0.2) is 54.0 Å². The van der Waals surface area contributed by atoms with Crippen molar-refractivity contribution in [2.45, 2.75) is 12.6 Å². The van der Waals surface area contributed by atoms with Crippen molar-refractivity contribution >= 4 is 23.2 Å². The monoisotopic (exact) mass is 385 g/mol. The van der Waals surface area contributed by atoms with Gasteiger partial charge in [-0.15, -0.1) is 11.3 Å². The van der Waals surface area contributed by atoms with Gasteiger partial charge in [0, 0.05) is 6.20 Å². The van der Waals surface area contributed by atoms with Crippen molar-refractivity contribution in [3.05, 3.63) is 65.2 Å². The smallest absolute Gasteiger partial charge is 0.330 e. The quantitative estimate of drug-likeness (QED) is 0.606. The van der Waals surface area contributed by atoms with E-state index in [-0.39, 0.29) is 0 Å². The van der Waals surface area contributed by atoms with Gasteiger partial charge in [-0.05, 0) is 17.0 Å². The number of esters is 1. The van der Waals surface area contributed by atoms with Crippen LogP contribution in [0.25, 0.3) is 10.6 Å². The van der Waals surface area contributed by atoms with Crippen LogP contribution < -0.4 is 5.32 Å². The second-order valence-corrected chi connectivity index (χ2v) is 6.73. The molecule has 1 aromatic carbocycles. The summed E-state index contributed by atoms with van der Waals surface area (Å²) in [5.74, 6) is -1.21. The molecular formula is C19H19N3O4S. The number of benzene rings is 1. The molecule has 0 saturated heterocycles. The Balaban J connectivity index is 1.90. The molecule has 3 aromatic rings. The third kappa shape index (κ3) is 4.42. The zero-order valence-electron chi connectivity index (χ0n) is 14.7. The van der Waals surface area contributed by atoms with Crippen molar-refractivity contribution in [2.24, 2.45) is 0 Å². The van der Waals surface area contributed by atoms with E-state index in [0.717, 1.165) is 10.4 Å². The Kier molecular flexibility index (Phi) is 6.00. The highest BCUT2D eigenvalue weighted by atomic mass is 32.1. The van der Waals surface area contributed by atoms with E-state index in [1.807, 2.05) is 47.8 Å². The lowest BCUT2D eigenvalue weighted by Gasteiger charge is -2.13. The number of carbonyl (C=O) groups excluding carboxylic acids is 2. The van der Waals surface area contributed by atoms with Crippen LogP contribution in [0.5, 0.6) is 0 Å². The predicted octanol–water partition coefficient (Wildman–Crippen LogP) is 1.92. The maximum absolute atomic E-state index is 12.7. The Morgan fingerprint density at radius 1 is 1.26 bits per heavy atom. The molecule has 2 heterocycles. The molecule has 0 aliphatic rings. The minimum Gasteiger partial charge on any atom is -0.467 e. The number of ether oxygens (including phenoxy) is 1. The minimum atomic E-state index is -1.13. The minimum absolute atomic E-state index is 0.329. The second kappa shape index (κ2) is 8.61. The van der Waals surface area contributed by atoms with Crippen LogP contribution in [0.4, 0.5) is 0 Å². The molecule has 0 bridgehead atoms. The molecule has 2 N–H and O–H groups in total. The zero-order valence-corrected chi connectivity index (χ0v) is 15.5. The van der Waals surface area contributed by atoms with Crippen molar-refractivity contribution in [2.75, 3.05) is 13.7 Å². The first-order valence-electron chi connectivity index (χ1n) is 8.27. The Morgan fingerprint density at radius 2 is 2.04 bits per heavy atom. The summed E-state index contributed by atoms with van der Waals surface area (Å²) >= 11 is 1.47. The average molecular weight is 385 g/mol. The lowest BCUT2D eigenvalue weighted by Crippen LogP contribution is -2.44. The van der Waals surface area contributed by atoms with Gasteiger partial charge in [0.15, 0.2) is 6.04 Å². The lowest BCUT2D eigenvalue weighted by molar-refractivity contribution is -0.143. The Labute approximate surface area is 160 Å². The molecule has 1 amide bonds. The maximum atomic E-state index is 12.7. The number of aromatic nitrogens is 2. The fourth-order valence-corrected chi connectivity index (χ4v) is 3.31. The molecule has 3 rings (SSSR count). The third-order valence-corrected chi connectivity index (χ3v) is 4.80. The molecule has 140 valence electrons. The predicted molar refractivity (Wildman–Crippen MR) is 101 cm³/mol. The summed E-state index contributed by atoms with van der Waals surface area (Å²) in [6.07, 6.45) is 1.64. The summed E-state index contributed by atoms with van der Waals surface area (Å²) in [7, 11) is 1.20. The van der Waals surface area contributed by atoms with E-state index >= 15 is 0 Å². The summed E-state index contributed by atoms with van der Waals surface area (Å²) < 4.78 is 6.28. The van der Waals surface area contributed by atoms with Crippen molar-refractivity contribution in [1.82, 2.24) is 15.1 Å². The van der Waals surface area contributed by atoms with Crippen LogP contribution in [-0.4, -0.2) is 46.5 Å². The summed E-state index contributed by atoms with van der Waals surface area (Å²) in [6, 6.07) is 12.4. The Hall–Kier alpha value is -2.97. The first-order valence-corrected chi connectivity index (χ1v) is 9.15. The number of amides is 1. The molecule has 2 aromatic heterocycles. The van der Waals surface area contributed by atoms with Gasteiger partial charge in [-0.3, -0.25) is 9.48 Å². The van der Waals surface area contributed by atoms with Crippen LogP contribution in [0.3, 0.4) is 0 Å². The molecule has 0 unspecified atom stereocenters. The van der Waals surface area contributed by atoms with Gasteiger partial charge in [0.1, 0.15) is 5.69 Å². The van der Waals surface area contributed by atoms with Crippen molar-refractivity contribution in [3.63, 3.8) is 0 Å². The average Bonchev–Trinajstić information content (AvgIpc) is 3.35. The van der Waals surface area contributed by atoms with Crippen LogP contribution in [0.1, 0.15) is 15.9 Å². The van der Waals surface area contributed by atoms with E-state index in [1.54, 1.807) is 10.9 Å². The topological polar surface area (TPSA) is 93.5 Å². The number of aliphatic hydroxyl groups is 1. The molecule has 0 aliphatic carbocycles. The number of hydrogen-bond acceptors (Lipinski definition) is 6. The molecule has 27 heavy (non-hydrogen) atoms. The fourth-order valence-electron chi connectivity index (χ4n) is 2.59. The van der Waals surface area contributed by atoms with E-state index in [1.165, 1.54) is 18.4 Å². The zero-order chi connectivity index (χ0) is 19.2. The van der Waals surface area contributed by atoms with E-state index in [9.17, 15) is 14.7 Å². The molecule has 0 fully saturated rings. The van der Waals surface area contributed by atoms with Gasteiger partial charge >= 0.3 is 5.97 Å². The number of aliphatic hydroxyl groups excluding tert-OH is 1. The van der Waals surface area contributed by atoms with Gasteiger partial charge in [0.2, 0.25) is 0 Å². The van der Waals surface area contributed by atoms with Crippen molar-refractivity contribution in [3.8, 4) is 10.6 Å². The number of hydrogen-bond donors (Lipinski definition) is 2. The number of methoxy groups -OCH3 is 1. The molecule has 0 aliphatic heterocycles. The number of nitrogens with zero attached hydrogens (tertiary/aromatic N) is 2. The van der Waals surface area contributed by atoms with Crippen LogP contribution in [0.2, 0.25) is 0 Å². The highest BCUT2D eigenvalue weighted by Crippen LogP contribution is 2.27. The van der Waals surface area contributed by atoms with Gasteiger partial charge in [0.25, 0.3) is 5.91 Å². The largest absolute Gasteiger partial charge is 0.467 e. The molecule has 7 nitrogen and oxygen atoms in total. The normalized spacial score (nSPS) is 11.8. The fraction of sp³-hybridized carbons (Fsp3) is 0.211.